The number of hydrogen-bond donors (Lipinski definition) is 1. The summed E-state index contributed by atoms with van der Waals surface area (Å²) in [6.07, 6.45) is 2.15. The Hall–Kier alpha value is -2.06. The van der Waals surface area contributed by atoms with E-state index in [1.54, 1.807) is 24.3 Å². The van der Waals surface area contributed by atoms with Crippen molar-refractivity contribution in [2.45, 2.75) is 18.9 Å². The molecular formula is C15H20N4O. The van der Waals surface area contributed by atoms with Gasteiger partial charge in [0.1, 0.15) is 0 Å². The monoisotopic (exact) mass is 272 g/mol. The number of hydrogen-bond acceptors (Lipinski definition) is 3. The van der Waals surface area contributed by atoms with E-state index in [2.05, 4.69) is 16.3 Å². The lowest BCUT2D eigenvalue weighted by atomic mass is 10.1. The molecule has 0 saturated carbocycles. The van der Waals surface area contributed by atoms with E-state index in [1.165, 1.54) is 0 Å². The van der Waals surface area contributed by atoms with Crippen LogP contribution in [0, 0.1) is 11.3 Å². The van der Waals surface area contributed by atoms with Crippen molar-refractivity contribution in [3.05, 3.63) is 29.8 Å². The van der Waals surface area contributed by atoms with Crippen LogP contribution in [0.1, 0.15) is 18.4 Å². The van der Waals surface area contributed by atoms with Crippen LogP contribution < -0.4 is 5.32 Å². The molecule has 2 rings (SSSR count). The predicted molar refractivity (Wildman–Crippen MR) is 78.5 cm³/mol. The fourth-order valence-corrected chi connectivity index (χ4v) is 2.43. The number of nitrogens with zero attached hydrogens (tertiary/aromatic N) is 3. The number of piperidine rings is 1. The van der Waals surface area contributed by atoms with Gasteiger partial charge in [0.05, 0.1) is 11.6 Å². The number of likely N-dealkylation sites (tertiary alicyclic amines) is 1. The molecule has 1 atom stereocenters. The van der Waals surface area contributed by atoms with Crippen LogP contribution in [0.25, 0.3) is 0 Å². The summed E-state index contributed by atoms with van der Waals surface area (Å²) >= 11 is 0. The minimum atomic E-state index is -0.0911. The largest absolute Gasteiger partial charge is 0.323 e. The van der Waals surface area contributed by atoms with Gasteiger partial charge in [-0.25, -0.2) is 4.79 Å². The second kappa shape index (κ2) is 6.40. The number of urea groups is 1. The van der Waals surface area contributed by atoms with Gasteiger partial charge in [-0.1, -0.05) is 6.07 Å². The summed E-state index contributed by atoms with van der Waals surface area (Å²) in [5.41, 5.74) is 1.22. The van der Waals surface area contributed by atoms with Gasteiger partial charge in [0.25, 0.3) is 0 Å². The van der Waals surface area contributed by atoms with E-state index in [4.69, 9.17) is 5.26 Å². The lowest BCUT2D eigenvalue weighted by Crippen LogP contribution is -2.48. The molecule has 1 aliphatic heterocycles. The minimum Gasteiger partial charge on any atom is -0.323 e. The van der Waals surface area contributed by atoms with E-state index in [9.17, 15) is 4.79 Å². The SMILES string of the molecule is CN(C)[C@@H]1CCCN(C(=O)Nc2cccc(C#N)c2)C1. The second-order valence-electron chi connectivity index (χ2n) is 5.33. The van der Waals surface area contributed by atoms with Gasteiger partial charge in [-0.05, 0) is 45.1 Å². The lowest BCUT2D eigenvalue weighted by molar-refractivity contribution is 0.148. The molecule has 1 N–H and O–H groups in total. The van der Waals surface area contributed by atoms with Crippen LogP contribution in [0.2, 0.25) is 0 Å². The molecule has 20 heavy (non-hydrogen) atoms. The molecule has 106 valence electrons. The first kappa shape index (κ1) is 14.4. The molecule has 1 fully saturated rings. The molecule has 0 bridgehead atoms. The highest BCUT2D eigenvalue weighted by molar-refractivity contribution is 5.89. The summed E-state index contributed by atoms with van der Waals surface area (Å²) in [6, 6.07) is 9.37. The quantitative estimate of drug-likeness (QED) is 0.897. The third-order valence-corrected chi connectivity index (χ3v) is 3.66. The molecule has 1 heterocycles. The van der Waals surface area contributed by atoms with E-state index < -0.39 is 0 Å². The van der Waals surface area contributed by atoms with Crippen LogP contribution in [0.3, 0.4) is 0 Å². The zero-order valence-corrected chi connectivity index (χ0v) is 12.0. The first-order valence-corrected chi connectivity index (χ1v) is 6.82. The van der Waals surface area contributed by atoms with Crippen molar-refractivity contribution in [1.29, 1.82) is 5.26 Å². The zero-order valence-electron chi connectivity index (χ0n) is 12.0. The average molecular weight is 272 g/mol. The normalized spacial score (nSPS) is 18.7. The number of anilines is 1. The third kappa shape index (κ3) is 3.49. The maximum absolute atomic E-state index is 12.2. The van der Waals surface area contributed by atoms with Crippen LogP contribution in [0.5, 0.6) is 0 Å². The molecule has 1 saturated heterocycles. The van der Waals surface area contributed by atoms with Gasteiger partial charge in [0, 0.05) is 24.8 Å². The molecule has 1 aliphatic rings. The summed E-state index contributed by atoms with van der Waals surface area (Å²) in [5.74, 6) is 0. The van der Waals surface area contributed by atoms with E-state index in [0.717, 1.165) is 25.9 Å². The highest BCUT2D eigenvalue weighted by atomic mass is 16.2. The van der Waals surface area contributed by atoms with E-state index in [1.807, 2.05) is 19.0 Å². The summed E-state index contributed by atoms with van der Waals surface area (Å²) in [4.78, 5) is 16.3. The number of benzene rings is 1. The van der Waals surface area contributed by atoms with E-state index >= 15 is 0 Å². The van der Waals surface area contributed by atoms with Gasteiger partial charge in [0.2, 0.25) is 0 Å². The van der Waals surface area contributed by atoms with Gasteiger partial charge >= 0.3 is 6.03 Å². The fourth-order valence-electron chi connectivity index (χ4n) is 2.43. The summed E-state index contributed by atoms with van der Waals surface area (Å²) < 4.78 is 0. The van der Waals surface area contributed by atoms with Gasteiger partial charge in [-0.15, -0.1) is 0 Å². The fraction of sp³-hybridized carbons (Fsp3) is 0.467. The van der Waals surface area contributed by atoms with Crippen molar-refractivity contribution in [3.63, 3.8) is 0 Å². The molecule has 5 nitrogen and oxygen atoms in total. The molecule has 0 aromatic heterocycles. The number of rotatable bonds is 2. The molecule has 2 amide bonds. The number of carbonyl (C=O) groups excluding carboxylic acids is 1. The average Bonchev–Trinajstić information content (AvgIpc) is 2.47. The Labute approximate surface area is 119 Å². The molecule has 1 aromatic rings. The number of amides is 2. The Balaban J connectivity index is 1.99. The zero-order chi connectivity index (χ0) is 14.5. The van der Waals surface area contributed by atoms with Gasteiger partial charge < -0.3 is 15.1 Å². The Morgan fingerprint density at radius 1 is 1.50 bits per heavy atom. The van der Waals surface area contributed by atoms with Crippen molar-refractivity contribution in [3.8, 4) is 6.07 Å². The van der Waals surface area contributed by atoms with E-state index in [-0.39, 0.29) is 6.03 Å². The Morgan fingerprint density at radius 3 is 3.00 bits per heavy atom. The van der Waals surface area contributed by atoms with Crippen molar-refractivity contribution >= 4 is 11.7 Å². The van der Waals surface area contributed by atoms with Gasteiger partial charge in [0.15, 0.2) is 0 Å². The van der Waals surface area contributed by atoms with Crippen LogP contribution in [-0.2, 0) is 0 Å². The minimum absolute atomic E-state index is 0.0911. The molecule has 0 spiro atoms. The highest BCUT2D eigenvalue weighted by Crippen LogP contribution is 2.16. The lowest BCUT2D eigenvalue weighted by Gasteiger charge is -2.36. The smallest absolute Gasteiger partial charge is 0.321 e. The number of nitrogens with one attached hydrogen (secondary N) is 1. The Bertz CT molecular complexity index is 521. The molecular weight excluding hydrogens is 252 g/mol. The molecule has 0 unspecified atom stereocenters. The maximum Gasteiger partial charge on any atom is 0.321 e. The maximum atomic E-state index is 12.2. The number of carbonyl (C=O) groups is 1. The molecule has 0 radical (unpaired) electrons. The van der Waals surface area contributed by atoms with Crippen LogP contribution >= 0.6 is 0 Å². The standard InChI is InChI=1S/C15H20N4O/c1-18(2)14-7-4-8-19(11-14)15(20)17-13-6-3-5-12(9-13)10-16/h3,5-6,9,14H,4,7-8,11H2,1-2H3,(H,17,20)/t14-/m1/s1. The van der Waals surface area contributed by atoms with E-state index in [0.29, 0.717) is 17.3 Å². The Morgan fingerprint density at radius 2 is 2.30 bits per heavy atom. The topological polar surface area (TPSA) is 59.4 Å². The van der Waals surface area contributed by atoms with Crippen molar-refractivity contribution in [2.75, 3.05) is 32.5 Å². The third-order valence-electron chi connectivity index (χ3n) is 3.66. The first-order chi connectivity index (χ1) is 9.60. The summed E-state index contributed by atoms with van der Waals surface area (Å²) in [6.45, 7) is 1.53. The van der Waals surface area contributed by atoms with Crippen molar-refractivity contribution in [2.24, 2.45) is 0 Å². The summed E-state index contributed by atoms with van der Waals surface area (Å²) in [7, 11) is 4.09. The van der Waals surface area contributed by atoms with Crippen LogP contribution in [-0.4, -0.2) is 49.1 Å². The van der Waals surface area contributed by atoms with Crippen LogP contribution in [0.15, 0.2) is 24.3 Å². The van der Waals surface area contributed by atoms with Crippen molar-refractivity contribution < 1.29 is 4.79 Å². The molecule has 0 aliphatic carbocycles. The van der Waals surface area contributed by atoms with Gasteiger partial charge in [-0.2, -0.15) is 5.26 Å². The number of likely N-dealkylation sites (N-methyl/N-ethyl adjacent to an activating group) is 1. The number of nitriles is 1. The van der Waals surface area contributed by atoms with Gasteiger partial charge in [-0.3, -0.25) is 0 Å². The van der Waals surface area contributed by atoms with Crippen LogP contribution in [0.4, 0.5) is 10.5 Å². The second-order valence-corrected chi connectivity index (χ2v) is 5.33. The first-order valence-electron chi connectivity index (χ1n) is 6.82. The molecule has 5 heteroatoms. The summed E-state index contributed by atoms with van der Waals surface area (Å²) in [5, 5.41) is 11.7. The highest BCUT2D eigenvalue weighted by Gasteiger charge is 2.24. The van der Waals surface area contributed by atoms with Crippen molar-refractivity contribution in [1.82, 2.24) is 9.80 Å². The Kier molecular flexibility index (Phi) is 4.59. The molecule has 1 aromatic carbocycles. The predicted octanol–water partition coefficient (Wildman–Crippen LogP) is 2.12.